The Hall–Kier alpha value is -6.22. The topological polar surface area (TPSA) is 4.93 Å². The second-order valence-electron chi connectivity index (χ2n) is 13.9. The van der Waals surface area contributed by atoms with Gasteiger partial charge in [0.1, 0.15) is 0 Å². The first-order valence-corrected chi connectivity index (χ1v) is 18.5. The molecule has 1 nitrogen and oxygen atoms in total. The number of thiophene rings is 1. The summed E-state index contributed by atoms with van der Waals surface area (Å²) in [6, 6.07) is 65.7. The third kappa shape index (κ3) is 3.41. The Labute approximate surface area is 299 Å². The van der Waals surface area contributed by atoms with E-state index < -0.39 is 0 Å². The van der Waals surface area contributed by atoms with Crippen molar-refractivity contribution < 1.29 is 0 Å². The molecule has 2 aromatic heterocycles. The molecule has 51 heavy (non-hydrogen) atoms. The summed E-state index contributed by atoms with van der Waals surface area (Å²) in [6.45, 7) is 0. The van der Waals surface area contributed by atoms with Crippen LogP contribution in [-0.4, -0.2) is 4.57 Å². The van der Waals surface area contributed by atoms with Crippen LogP contribution in [0.15, 0.2) is 176 Å². The number of para-hydroxylation sites is 2. The SMILES string of the molecule is c1ccc2c(c1)-c1c(-c3ccc(-n4c5ccccc5c5ccccc54)cc3)cccc1C21c2ccccc2-c2c1ccc1c2sc2ccccc21. The Bertz CT molecular complexity index is 3030. The van der Waals surface area contributed by atoms with Crippen molar-refractivity contribution in [2.75, 3.05) is 0 Å². The lowest BCUT2D eigenvalue weighted by Gasteiger charge is -2.30. The van der Waals surface area contributed by atoms with Crippen LogP contribution in [0.2, 0.25) is 0 Å². The van der Waals surface area contributed by atoms with Crippen LogP contribution in [0, 0.1) is 0 Å². The second kappa shape index (κ2) is 9.94. The summed E-state index contributed by atoms with van der Waals surface area (Å²) in [4.78, 5) is 0. The standard InChI is InChI=1S/C49H29NS/c1-6-18-39-37(15-1)46-32(30-24-26-31(27-25-30)50-43-21-8-3-12-33(43)34-13-4-9-22-44(34)50)17-11-20-41(46)49(39)40-19-7-2-16-38(40)47-42(49)29-28-36-35-14-5-10-23-45(35)51-48(36)47/h1-29H. The molecule has 2 aliphatic carbocycles. The Morgan fingerprint density at radius 2 is 0.922 bits per heavy atom. The first kappa shape index (κ1) is 27.6. The van der Waals surface area contributed by atoms with Crippen molar-refractivity contribution in [3.05, 3.63) is 198 Å². The van der Waals surface area contributed by atoms with Crippen molar-refractivity contribution in [2.45, 2.75) is 5.41 Å². The average Bonchev–Trinajstić information content (AvgIpc) is 3.92. The predicted molar refractivity (Wildman–Crippen MR) is 215 cm³/mol. The van der Waals surface area contributed by atoms with E-state index in [1.54, 1.807) is 0 Å². The van der Waals surface area contributed by atoms with Crippen molar-refractivity contribution in [2.24, 2.45) is 0 Å². The highest BCUT2D eigenvalue weighted by Gasteiger charge is 2.52. The number of rotatable bonds is 2. The second-order valence-corrected chi connectivity index (χ2v) is 15.0. The van der Waals surface area contributed by atoms with Gasteiger partial charge in [0.05, 0.1) is 16.4 Å². The van der Waals surface area contributed by atoms with Crippen molar-refractivity contribution in [1.82, 2.24) is 4.57 Å². The fraction of sp³-hybridized carbons (Fsp3) is 0.0204. The smallest absolute Gasteiger partial charge is 0.0726 e. The molecule has 1 unspecified atom stereocenters. The molecule has 0 amide bonds. The van der Waals surface area contributed by atoms with Crippen molar-refractivity contribution >= 4 is 53.3 Å². The molecule has 8 aromatic carbocycles. The van der Waals surface area contributed by atoms with E-state index in [1.807, 2.05) is 11.3 Å². The lowest BCUT2D eigenvalue weighted by molar-refractivity contribution is 0.794. The monoisotopic (exact) mass is 663 g/mol. The number of hydrogen-bond acceptors (Lipinski definition) is 1. The number of nitrogens with zero attached hydrogens (tertiary/aromatic N) is 1. The summed E-state index contributed by atoms with van der Waals surface area (Å²) in [5.41, 5.74) is 16.7. The fourth-order valence-electron chi connectivity index (χ4n) is 9.68. The summed E-state index contributed by atoms with van der Waals surface area (Å²) in [5, 5.41) is 5.26. The van der Waals surface area contributed by atoms with Crippen LogP contribution < -0.4 is 0 Å². The van der Waals surface area contributed by atoms with E-state index in [4.69, 9.17) is 0 Å². The Morgan fingerprint density at radius 3 is 1.65 bits per heavy atom. The van der Waals surface area contributed by atoms with Crippen LogP contribution >= 0.6 is 11.3 Å². The van der Waals surface area contributed by atoms with Crippen molar-refractivity contribution in [3.63, 3.8) is 0 Å². The summed E-state index contributed by atoms with van der Waals surface area (Å²) < 4.78 is 5.13. The van der Waals surface area contributed by atoms with Gasteiger partial charge < -0.3 is 4.57 Å². The maximum absolute atomic E-state index is 2.44. The van der Waals surface area contributed by atoms with Crippen LogP contribution in [0.3, 0.4) is 0 Å². The van der Waals surface area contributed by atoms with Gasteiger partial charge >= 0.3 is 0 Å². The van der Waals surface area contributed by atoms with Gasteiger partial charge in [-0.05, 0) is 80.4 Å². The zero-order valence-corrected chi connectivity index (χ0v) is 28.4. The van der Waals surface area contributed by atoms with Gasteiger partial charge in [-0.25, -0.2) is 0 Å². The van der Waals surface area contributed by atoms with Crippen LogP contribution in [0.25, 0.3) is 81.0 Å². The quantitative estimate of drug-likeness (QED) is 0.173. The van der Waals surface area contributed by atoms with E-state index >= 15 is 0 Å². The number of benzene rings is 8. The van der Waals surface area contributed by atoms with Crippen molar-refractivity contribution in [3.8, 4) is 39.1 Å². The Morgan fingerprint density at radius 1 is 0.373 bits per heavy atom. The highest BCUT2D eigenvalue weighted by molar-refractivity contribution is 7.26. The molecule has 2 aliphatic rings. The molecule has 1 atom stereocenters. The van der Waals surface area contributed by atoms with Crippen LogP contribution in [0.1, 0.15) is 22.3 Å². The van der Waals surface area contributed by atoms with E-state index in [-0.39, 0.29) is 5.41 Å². The van der Waals surface area contributed by atoms with E-state index in [0.29, 0.717) is 0 Å². The van der Waals surface area contributed by atoms with E-state index in [0.717, 1.165) is 0 Å². The lowest BCUT2D eigenvalue weighted by atomic mass is 9.70. The number of aromatic nitrogens is 1. The van der Waals surface area contributed by atoms with E-state index in [2.05, 4.69) is 180 Å². The average molecular weight is 664 g/mol. The molecule has 0 fully saturated rings. The summed E-state index contributed by atoms with van der Waals surface area (Å²) in [7, 11) is 0. The van der Waals surface area contributed by atoms with Gasteiger partial charge in [0, 0.05) is 42.2 Å². The first-order valence-electron chi connectivity index (χ1n) is 17.7. The molecule has 236 valence electrons. The van der Waals surface area contributed by atoms with Gasteiger partial charge in [0.2, 0.25) is 0 Å². The maximum Gasteiger partial charge on any atom is 0.0726 e. The van der Waals surface area contributed by atoms with Crippen molar-refractivity contribution in [1.29, 1.82) is 0 Å². The molecule has 0 saturated carbocycles. The van der Waals surface area contributed by atoms with Crippen LogP contribution in [-0.2, 0) is 5.41 Å². The lowest BCUT2D eigenvalue weighted by Crippen LogP contribution is -2.25. The summed E-state index contributed by atoms with van der Waals surface area (Å²) in [5.74, 6) is 0. The number of hydrogen-bond donors (Lipinski definition) is 0. The molecule has 2 heterocycles. The molecule has 0 aliphatic heterocycles. The molecule has 10 aromatic rings. The summed E-state index contributed by atoms with van der Waals surface area (Å²) in [6.07, 6.45) is 0. The minimum atomic E-state index is -0.388. The first-order chi connectivity index (χ1) is 25.3. The predicted octanol–water partition coefficient (Wildman–Crippen LogP) is 13.2. The normalized spacial score (nSPS) is 15.5. The van der Waals surface area contributed by atoms with Crippen LogP contribution in [0.4, 0.5) is 0 Å². The Balaban J connectivity index is 1.10. The van der Waals surface area contributed by atoms with E-state index in [9.17, 15) is 0 Å². The maximum atomic E-state index is 2.44. The third-order valence-corrected chi connectivity index (χ3v) is 12.8. The van der Waals surface area contributed by atoms with Gasteiger partial charge in [-0.2, -0.15) is 0 Å². The molecule has 0 bridgehead atoms. The molecular weight excluding hydrogens is 635 g/mol. The molecule has 0 N–H and O–H groups in total. The van der Waals surface area contributed by atoms with Gasteiger partial charge in [-0.15, -0.1) is 11.3 Å². The minimum Gasteiger partial charge on any atom is -0.309 e. The van der Waals surface area contributed by atoms with Crippen LogP contribution in [0.5, 0.6) is 0 Å². The minimum absolute atomic E-state index is 0.388. The molecule has 12 rings (SSSR count). The highest BCUT2D eigenvalue weighted by atomic mass is 32.1. The van der Waals surface area contributed by atoms with Gasteiger partial charge in [0.25, 0.3) is 0 Å². The molecule has 0 radical (unpaired) electrons. The molecule has 2 heteroatoms. The van der Waals surface area contributed by atoms with Gasteiger partial charge in [-0.1, -0.05) is 146 Å². The highest BCUT2D eigenvalue weighted by Crippen LogP contribution is 2.65. The summed E-state index contributed by atoms with van der Waals surface area (Å²) >= 11 is 1.93. The molecular formula is C49H29NS. The largest absolute Gasteiger partial charge is 0.309 e. The fourth-order valence-corrected chi connectivity index (χ4v) is 10.9. The zero-order valence-electron chi connectivity index (χ0n) is 27.6. The van der Waals surface area contributed by atoms with Gasteiger partial charge in [-0.3, -0.25) is 0 Å². The number of fused-ring (bicyclic) bond motifs is 17. The molecule has 0 saturated heterocycles. The Kier molecular flexibility index (Phi) is 5.38. The zero-order chi connectivity index (χ0) is 33.3. The van der Waals surface area contributed by atoms with E-state index in [1.165, 1.54) is 103 Å². The third-order valence-electron chi connectivity index (χ3n) is 11.6. The molecule has 1 spiro atoms. The van der Waals surface area contributed by atoms with Gasteiger partial charge in [0.15, 0.2) is 0 Å².